The molecule has 36 heavy (non-hydrogen) atoms. The molecule has 0 N–H and O–H groups in total. The highest BCUT2D eigenvalue weighted by Gasteiger charge is 2.60. The first-order valence-corrected chi connectivity index (χ1v) is 14.9. The second-order valence-corrected chi connectivity index (χ2v) is 14.5. The monoisotopic (exact) mass is 504 g/mol. The fourth-order valence-electron chi connectivity index (χ4n) is 10.7. The Hall–Kier alpha value is -1.20. The molecule has 4 unspecified atom stereocenters. The number of alkyl halides is 2. The van der Waals surface area contributed by atoms with Crippen molar-refractivity contribution in [3.05, 3.63) is 0 Å². The molecule has 200 valence electrons. The van der Waals surface area contributed by atoms with E-state index in [1.165, 1.54) is 0 Å². The SMILES string of the molecule is O=C(OCC1CCC(COC(=O)C23CC4CC(C2)C(F)C(C4)C3)CC1)C12CC3CC(C1)C(F)C(C3)C2. The Kier molecular flexibility index (Phi) is 5.75. The molecule has 0 amide bonds. The Morgan fingerprint density at radius 1 is 0.583 bits per heavy atom. The zero-order chi connectivity index (χ0) is 24.7. The third-order valence-corrected chi connectivity index (χ3v) is 12.0. The van der Waals surface area contributed by atoms with Crippen LogP contribution in [0.3, 0.4) is 0 Å². The van der Waals surface area contributed by atoms with Gasteiger partial charge in [0.15, 0.2) is 0 Å². The molecule has 9 aliphatic rings. The van der Waals surface area contributed by atoms with Gasteiger partial charge in [-0.2, -0.15) is 0 Å². The Labute approximate surface area is 213 Å². The number of halogens is 2. The first-order chi connectivity index (χ1) is 17.3. The maximum atomic E-state index is 14.5. The highest BCUT2D eigenvalue weighted by molar-refractivity contribution is 5.78. The Morgan fingerprint density at radius 3 is 1.25 bits per heavy atom. The quantitative estimate of drug-likeness (QED) is 0.404. The van der Waals surface area contributed by atoms with E-state index in [1.807, 2.05) is 0 Å². The maximum Gasteiger partial charge on any atom is 0.312 e. The highest BCUT2D eigenvalue weighted by atomic mass is 19.1. The van der Waals surface area contributed by atoms with E-state index in [9.17, 15) is 18.4 Å². The minimum atomic E-state index is -0.713. The summed E-state index contributed by atoms with van der Waals surface area (Å²) in [5, 5.41) is 0. The van der Waals surface area contributed by atoms with E-state index in [0.29, 0.717) is 62.6 Å². The molecule has 8 bridgehead atoms. The third-order valence-electron chi connectivity index (χ3n) is 12.0. The fraction of sp³-hybridized carbons (Fsp3) is 0.933. The number of esters is 2. The van der Waals surface area contributed by atoms with Gasteiger partial charge in [0.05, 0.1) is 24.0 Å². The number of hydrogen-bond acceptors (Lipinski definition) is 4. The van der Waals surface area contributed by atoms with Gasteiger partial charge in [0, 0.05) is 0 Å². The van der Waals surface area contributed by atoms with Crippen molar-refractivity contribution in [1.29, 1.82) is 0 Å². The molecule has 0 heterocycles. The molecule has 0 aromatic heterocycles. The van der Waals surface area contributed by atoms with Crippen LogP contribution in [0.4, 0.5) is 8.78 Å². The van der Waals surface area contributed by atoms with Gasteiger partial charge < -0.3 is 9.47 Å². The van der Waals surface area contributed by atoms with Crippen LogP contribution in [0, 0.1) is 58.2 Å². The van der Waals surface area contributed by atoms with Crippen molar-refractivity contribution in [2.75, 3.05) is 13.2 Å². The second-order valence-electron chi connectivity index (χ2n) is 14.5. The van der Waals surface area contributed by atoms with Crippen molar-refractivity contribution < 1.29 is 27.8 Å². The van der Waals surface area contributed by atoms with Crippen LogP contribution in [-0.4, -0.2) is 37.5 Å². The average Bonchev–Trinajstić information content (AvgIpc) is 2.87. The van der Waals surface area contributed by atoms with Crippen molar-refractivity contribution in [2.45, 2.75) is 102 Å². The van der Waals surface area contributed by atoms with Crippen molar-refractivity contribution >= 4 is 11.9 Å². The molecular formula is C30H42F2O4. The minimum absolute atomic E-state index is 0.0593. The largest absolute Gasteiger partial charge is 0.465 e. The number of carbonyl (C=O) groups is 2. The summed E-state index contributed by atoms with van der Waals surface area (Å²) in [7, 11) is 0. The lowest BCUT2D eigenvalue weighted by Gasteiger charge is -2.56. The number of rotatable bonds is 6. The van der Waals surface area contributed by atoms with Crippen molar-refractivity contribution in [1.82, 2.24) is 0 Å². The Bertz CT molecular complexity index is 793. The van der Waals surface area contributed by atoms with Crippen LogP contribution in [0.25, 0.3) is 0 Å². The highest BCUT2D eigenvalue weighted by Crippen LogP contribution is 2.62. The van der Waals surface area contributed by atoms with E-state index in [0.717, 1.165) is 64.2 Å². The minimum Gasteiger partial charge on any atom is -0.465 e. The van der Waals surface area contributed by atoms with Gasteiger partial charge in [0.1, 0.15) is 12.3 Å². The summed E-state index contributed by atoms with van der Waals surface area (Å²) in [5.41, 5.74) is -0.826. The summed E-state index contributed by atoms with van der Waals surface area (Å²) >= 11 is 0. The van der Waals surface area contributed by atoms with Gasteiger partial charge >= 0.3 is 11.9 Å². The Balaban J connectivity index is 0.862. The lowest BCUT2D eigenvalue weighted by molar-refractivity contribution is -0.181. The zero-order valence-corrected chi connectivity index (χ0v) is 21.5. The molecule has 0 aromatic carbocycles. The van der Waals surface area contributed by atoms with Gasteiger partial charge in [-0.1, -0.05) is 0 Å². The molecule has 9 rings (SSSR count). The molecule has 0 saturated heterocycles. The van der Waals surface area contributed by atoms with Crippen molar-refractivity contribution in [3.63, 3.8) is 0 Å². The van der Waals surface area contributed by atoms with Gasteiger partial charge in [0.25, 0.3) is 0 Å². The summed E-state index contributed by atoms with van der Waals surface area (Å²) < 4.78 is 40.9. The molecule has 4 nitrogen and oxygen atoms in total. The Morgan fingerprint density at radius 2 is 0.917 bits per heavy atom. The maximum absolute atomic E-state index is 14.5. The van der Waals surface area contributed by atoms with Gasteiger partial charge in [-0.25, -0.2) is 8.78 Å². The van der Waals surface area contributed by atoms with Crippen molar-refractivity contribution in [2.24, 2.45) is 58.2 Å². The van der Waals surface area contributed by atoms with E-state index in [4.69, 9.17) is 9.47 Å². The second kappa shape index (κ2) is 8.66. The van der Waals surface area contributed by atoms with E-state index in [-0.39, 0.29) is 35.6 Å². The van der Waals surface area contributed by atoms with Gasteiger partial charge in [0.2, 0.25) is 0 Å². The normalized spacial score (nSPS) is 52.4. The van der Waals surface area contributed by atoms with Gasteiger partial charge in [-0.05, 0) is 137 Å². The lowest BCUT2D eigenvalue weighted by Crippen LogP contribution is -2.55. The van der Waals surface area contributed by atoms with Crippen LogP contribution >= 0.6 is 0 Å². The van der Waals surface area contributed by atoms with E-state index in [1.54, 1.807) is 0 Å². The van der Waals surface area contributed by atoms with Gasteiger partial charge in [-0.3, -0.25) is 9.59 Å². The summed E-state index contributed by atoms with van der Waals surface area (Å²) in [4.78, 5) is 26.3. The molecule has 0 aromatic rings. The van der Waals surface area contributed by atoms with Crippen LogP contribution in [0.2, 0.25) is 0 Å². The van der Waals surface area contributed by atoms with E-state index >= 15 is 0 Å². The van der Waals surface area contributed by atoms with Crippen LogP contribution < -0.4 is 0 Å². The van der Waals surface area contributed by atoms with Gasteiger partial charge in [-0.15, -0.1) is 0 Å². The fourth-order valence-corrected chi connectivity index (χ4v) is 10.7. The summed E-state index contributed by atoms with van der Waals surface area (Å²) in [6.45, 7) is 0.952. The van der Waals surface area contributed by atoms with Crippen LogP contribution in [0.15, 0.2) is 0 Å². The smallest absolute Gasteiger partial charge is 0.312 e. The predicted octanol–water partition coefficient (Wildman–Crippen LogP) is 6.21. The number of ether oxygens (including phenoxy) is 2. The standard InChI is InChI=1S/C30H42F2O4/c31-25-21-5-19-6-22(25)12-29(9-19,11-21)27(33)35-15-17-1-2-18(4-3-17)16-36-28(34)30-10-20-7-23(13-30)26(32)24(8-20)14-30/h17-26H,1-16H2. The molecule has 9 fully saturated rings. The molecule has 0 radical (unpaired) electrons. The van der Waals surface area contributed by atoms with Crippen LogP contribution in [0.1, 0.15) is 89.9 Å². The van der Waals surface area contributed by atoms with E-state index < -0.39 is 23.2 Å². The van der Waals surface area contributed by atoms with Crippen LogP contribution in [0.5, 0.6) is 0 Å². The average molecular weight is 505 g/mol. The molecule has 6 heteroatoms. The number of hydrogen-bond donors (Lipinski definition) is 0. The summed E-state index contributed by atoms with van der Waals surface area (Å²) in [6.07, 6.45) is 10.9. The first kappa shape index (κ1) is 23.9. The molecule has 0 aliphatic heterocycles. The van der Waals surface area contributed by atoms with Crippen molar-refractivity contribution in [3.8, 4) is 0 Å². The molecule has 4 atom stereocenters. The summed E-state index contributed by atoms with van der Waals surface area (Å²) in [5.74, 6) is 1.91. The number of carbonyl (C=O) groups excluding carboxylic acids is 2. The third kappa shape index (κ3) is 3.85. The molecule has 9 saturated carbocycles. The topological polar surface area (TPSA) is 52.6 Å². The van der Waals surface area contributed by atoms with Crippen LogP contribution in [-0.2, 0) is 19.1 Å². The summed E-state index contributed by atoms with van der Waals surface area (Å²) in [6, 6.07) is 0. The first-order valence-electron chi connectivity index (χ1n) is 14.9. The predicted molar refractivity (Wildman–Crippen MR) is 129 cm³/mol. The molecular weight excluding hydrogens is 462 g/mol. The zero-order valence-electron chi connectivity index (χ0n) is 21.5. The lowest BCUT2D eigenvalue weighted by atomic mass is 9.49. The van der Waals surface area contributed by atoms with E-state index in [2.05, 4.69) is 0 Å². The molecule has 0 spiro atoms. The molecule has 9 aliphatic carbocycles.